The summed E-state index contributed by atoms with van der Waals surface area (Å²) >= 11 is 0. The second-order valence-electron chi connectivity index (χ2n) is 3.40. The van der Waals surface area contributed by atoms with Gasteiger partial charge in [0.05, 0.1) is 0 Å². The van der Waals surface area contributed by atoms with Crippen molar-refractivity contribution in [3.8, 4) is 0 Å². The molecule has 0 saturated heterocycles. The average molecular weight is 264 g/mol. The molecule has 0 heterocycles. The fourth-order valence-corrected chi connectivity index (χ4v) is 3.07. The van der Waals surface area contributed by atoms with Crippen LogP contribution in [0.4, 0.5) is 14.5 Å². The summed E-state index contributed by atoms with van der Waals surface area (Å²) in [6, 6.07) is 1.58. The maximum atomic E-state index is 13.5. The molecule has 1 rings (SSSR count). The lowest BCUT2D eigenvalue weighted by Crippen LogP contribution is -2.32. The fraction of sp³-hybridized carbons (Fsp3) is 0.400. The highest BCUT2D eigenvalue weighted by Gasteiger charge is 2.29. The van der Waals surface area contributed by atoms with E-state index in [1.54, 1.807) is 13.8 Å². The molecule has 4 nitrogen and oxygen atoms in total. The lowest BCUT2D eigenvalue weighted by atomic mass is 10.3. The first kappa shape index (κ1) is 13.9. The lowest BCUT2D eigenvalue weighted by molar-refractivity contribution is 0.431. The van der Waals surface area contributed by atoms with E-state index in [2.05, 4.69) is 0 Å². The molecule has 0 atom stereocenters. The van der Waals surface area contributed by atoms with Crippen molar-refractivity contribution in [2.24, 2.45) is 0 Å². The highest BCUT2D eigenvalue weighted by molar-refractivity contribution is 7.89. The van der Waals surface area contributed by atoms with Gasteiger partial charge >= 0.3 is 0 Å². The van der Waals surface area contributed by atoms with E-state index in [1.807, 2.05) is 0 Å². The van der Waals surface area contributed by atoms with Crippen LogP contribution in [0.25, 0.3) is 0 Å². The van der Waals surface area contributed by atoms with E-state index in [-0.39, 0.29) is 18.8 Å². The Morgan fingerprint density at radius 2 is 1.59 bits per heavy atom. The van der Waals surface area contributed by atoms with Gasteiger partial charge in [0.25, 0.3) is 0 Å². The number of nitrogen functional groups attached to an aromatic ring is 1. The monoisotopic (exact) mass is 264 g/mol. The van der Waals surface area contributed by atoms with Crippen LogP contribution in [-0.4, -0.2) is 25.8 Å². The highest BCUT2D eigenvalue weighted by Crippen LogP contribution is 2.24. The zero-order valence-electron chi connectivity index (χ0n) is 9.57. The zero-order valence-corrected chi connectivity index (χ0v) is 10.4. The summed E-state index contributed by atoms with van der Waals surface area (Å²) in [4.78, 5) is -0.949. The van der Waals surface area contributed by atoms with Crippen molar-refractivity contribution in [1.29, 1.82) is 0 Å². The molecule has 0 fully saturated rings. The van der Waals surface area contributed by atoms with Crippen LogP contribution in [0.1, 0.15) is 13.8 Å². The van der Waals surface area contributed by atoms with Gasteiger partial charge in [0.15, 0.2) is 4.90 Å². The van der Waals surface area contributed by atoms with Crippen molar-refractivity contribution in [3.05, 3.63) is 23.8 Å². The molecular weight excluding hydrogens is 250 g/mol. The fourth-order valence-electron chi connectivity index (χ4n) is 1.52. The van der Waals surface area contributed by atoms with Crippen LogP contribution in [0.2, 0.25) is 0 Å². The number of benzene rings is 1. The molecule has 17 heavy (non-hydrogen) atoms. The molecule has 0 radical (unpaired) electrons. The quantitative estimate of drug-likeness (QED) is 0.840. The molecule has 96 valence electrons. The van der Waals surface area contributed by atoms with Gasteiger partial charge in [-0.05, 0) is 12.1 Å². The van der Waals surface area contributed by atoms with Crippen LogP contribution in [-0.2, 0) is 10.0 Å². The first-order chi connectivity index (χ1) is 7.84. The molecule has 0 unspecified atom stereocenters. The zero-order chi connectivity index (χ0) is 13.2. The van der Waals surface area contributed by atoms with Gasteiger partial charge in [-0.2, -0.15) is 4.31 Å². The second kappa shape index (κ2) is 4.97. The Morgan fingerprint density at radius 1 is 1.18 bits per heavy atom. The van der Waals surface area contributed by atoms with Gasteiger partial charge in [-0.3, -0.25) is 0 Å². The topological polar surface area (TPSA) is 63.4 Å². The van der Waals surface area contributed by atoms with Gasteiger partial charge < -0.3 is 5.73 Å². The molecule has 0 saturated carbocycles. The van der Waals surface area contributed by atoms with Crippen LogP contribution in [0.3, 0.4) is 0 Å². The molecule has 0 aliphatic heterocycles. The van der Waals surface area contributed by atoms with Crippen molar-refractivity contribution in [1.82, 2.24) is 4.31 Å². The number of anilines is 1. The third-order valence-electron chi connectivity index (χ3n) is 2.32. The Morgan fingerprint density at radius 3 is 1.94 bits per heavy atom. The highest BCUT2D eigenvalue weighted by atomic mass is 32.2. The van der Waals surface area contributed by atoms with E-state index in [0.717, 1.165) is 16.4 Å². The van der Waals surface area contributed by atoms with Crippen LogP contribution >= 0.6 is 0 Å². The molecule has 0 aliphatic carbocycles. The Hall–Kier alpha value is -1.21. The molecule has 0 aliphatic rings. The van der Waals surface area contributed by atoms with E-state index in [0.29, 0.717) is 0 Å². The third-order valence-corrected chi connectivity index (χ3v) is 4.43. The van der Waals surface area contributed by atoms with Crippen molar-refractivity contribution in [2.75, 3.05) is 18.8 Å². The molecule has 2 N–H and O–H groups in total. The van der Waals surface area contributed by atoms with E-state index < -0.39 is 26.6 Å². The Balaban J connectivity index is 3.44. The first-order valence-corrected chi connectivity index (χ1v) is 6.53. The number of halogens is 2. The number of hydrogen-bond acceptors (Lipinski definition) is 3. The lowest BCUT2D eigenvalue weighted by Gasteiger charge is -2.19. The summed E-state index contributed by atoms with van der Waals surface area (Å²) in [5, 5.41) is 0. The van der Waals surface area contributed by atoms with Gasteiger partial charge in [-0.15, -0.1) is 0 Å². The van der Waals surface area contributed by atoms with Gasteiger partial charge in [-0.25, -0.2) is 17.2 Å². The van der Waals surface area contributed by atoms with Crippen LogP contribution in [0.5, 0.6) is 0 Å². The molecule has 1 aromatic carbocycles. The normalized spacial score (nSPS) is 12.1. The third kappa shape index (κ3) is 2.55. The summed E-state index contributed by atoms with van der Waals surface area (Å²) < 4.78 is 51.9. The number of nitrogens with zero attached hydrogens (tertiary/aromatic N) is 1. The van der Waals surface area contributed by atoms with E-state index >= 15 is 0 Å². The summed E-state index contributed by atoms with van der Waals surface area (Å²) in [5.74, 6) is -2.34. The van der Waals surface area contributed by atoms with Crippen LogP contribution < -0.4 is 5.73 Å². The summed E-state index contributed by atoms with van der Waals surface area (Å²) in [7, 11) is -4.15. The minimum absolute atomic E-state index is 0.141. The SMILES string of the molecule is CCN(CC)S(=O)(=O)c1c(F)cc(N)cc1F. The smallest absolute Gasteiger partial charge is 0.248 e. The maximum absolute atomic E-state index is 13.5. The minimum Gasteiger partial charge on any atom is -0.399 e. The van der Waals surface area contributed by atoms with Crippen LogP contribution in [0.15, 0.2) is 17.0 Å². The second-order valence-corrected chi connectivity index (χ2v) is 5.28. The summed E-state index contributed by atoms with van der Waals surface area (Å²) in [6.45, 7) is 3.46. The van der Waals surface area contributed by atoms with Gasteiger partial charge in [0.2, 0.25) is 10.0 Å². The molecule has 0 aromatic heterocycles. The summed E-state index contributed by atoms with van der Waals surface area (Å²) in [6.07, 6.45) is 0. The molecule has 0 spiro atoms. The van der Waals surface area contributed by atoms with Crippen molar-refractivity contribution in [2.45, 2.75) is 18.7 Å². The minimum atomic E-state index is -4.15. The molecule has 0 amide bonds. The van der Waals surface area contributed by atoms with Crippen molar-refractivity contribution >= 4 is 15.7 Å². The van der Waals surface area contributed by atoms with Crippen molar-refractivity contribution in [3.63, 3.8) is 0 Å². The maximum Gasteiger partial charge on any atom is 0.248 e. The van der Waals surface area contributed by atoms with E-state index in [4.69, 9.17) is 5.73 Å². The van der Waals surface area contributed by atoms with Gasteiger partial charge in [0, 0.05) is 18.8 Å². The Labute approximate surface area is 99.1 Å². The number of hydrogen-bond donors (Lipinski definition) is 1. The van der Waals surface area contributed by atoms with Gasteiger partial charge in [-0.1, -0.05) is 13.8 Å². The Bertz CT molecular complexity index is 490. The number of sulfonamides is 1. The van der Waals surface area contributed by atoms with E-state index in [9.17, 15) is 17.2 Å². The number of rotatable bonds is 4. The molecular formula is C10H14F2N2O2S. The molecule has 1 aromatic rings. The largest absolute Gasteiger partial charge is 0.399 e. The van der Waals surface area contributed by atoms with Gasteiger partial charge in [0.1, 0.15) is 11.6 Å². The average Bonchev–Trinajstić information content (AvgIpc) is 2.16. The van der Waals surface area contributed by atoms with E-state index in [1.165, 1.54) is 0 Å². The number of nitrogens with two attached hydrogens (primary N) is 1. The van der Waals surface area contributed by atoms with Crippen molar-refractivity contribution < 1.29 is 17.2 Å². The predicted octanol–water partition coefficient (Wildman–Crippen LogP) is 1.58. The standard InChI is InChI=1S/C10H14F2N2O2S/c1-3-14(4-2)17(15,16)10-8(11)5-7(13)6-9(10)12/h5-6H,3-4,13H2,1-2H3. The molecule has 0 bridgehead atoms. The first-order valence-electron chi connectivity index (χ1n) is 5.09. The Kier molecular flexibility index (Phi) is 4.05. The molecule has 7 heteroatoms. The van der Waals surface area contributed by atoms with Crippen LogP contribution in [0, 0.1) is 11.6 Å². The predicted molar refractivity (Wildman–Crippen MR) is 60.9 cm³/mol. The summed E-state index contributed by atoms with van der Waals surface area (Å²) in [5.41, 5.74) is 5.07.